The number of hydrogen-bond donors (Lipinski definition) is 1. The number of aromatic nitrogens is 4. The average Bonchev–Trinajstić information content (AvgIpc) is 3.55. The highest BCUT2D eigenvalue weighted by molar-refractivity contribution is 6.07. The average molecular weight is 694 g/mol. The number of ether oxygens (including phenoxy) is 2. The Balaban J connectivity index is 1.39. The smallest absolute Gasteiger partial charge is 0.422 e. The number of carbonyl (C=O) groups is 1. The molecule has 264 valence electrons. The van der Waals surface area contributed by atoms with Crippen molar-refractivity contribution < 1.29 is 31.8 Å². The van der Waals surface area contributed by atoms with Crippen molar-refractivity contribution in [2.45, 2.75) is 44.6 Å². The summed E-state index contributed by atoms with van der Waals surface area (Å²) in [6.45, 7) is 11.1. The first-order chi connectivity index (χ1) is 23.9. The van der Waals surface area contributed by atoms with E-state index in [1.54, 1.807) is 17.2 Å². The zero-order valence-corrected chi connectivity index (χ0v) is 28.0. The summed E-state index contributed by atoms with van der Waals surface area (Å²) in [5.74, 6) is 0.250. The number of fused-ring (bicyclic) bond motifs is 2. The Bertz CT molecular complexity index is 1960. The molecule has 50 heavy (non-hydrogen) atoms. The second kappa shape index (κ2) is 12.9. The van der Waals surface area contributed by atoms with Crippen molar-refractivity contribution in [3.63, 3.8) is 0 Å². The molecule has 2 unspecified atom stereocenters. The molecule has 3 fully saturated rings. The summed E-state index contributed by atoms with van der Waals surface area (Å²) in [6, 6.07) is 5.39. The van der Waals surface area contributed by atoms with E-state index in [4.69, 9.17) is 14.5 Å². The van der Waals surface area contributed by atoms with Gasteiger partial charge in [-0.3, -0.25) is 9.89 Å². The maximum atomic E-state index is 15.2. The van der Waals surface area contributed by atoms with Crippen LogP contribution in [0.15, 0.2) is 43.6 Å². The van der Waals surface area contributed by atoms with Gasteiger partial charge in [-0.1, -0.05) is 25.3 Å². The van der Waals surface area contributed by atoms with Crippen LogP contribution in [0.4, 0.5) is 23.4 Å². The van der Waals surface area contributed by atoms with Crippen molar-refractivity contribution in [3.05, 3.63) is 54.8 Å². The molecule has 1 N–H and O–H groups in total. The third-order valence-electron chi connectivity index (χ3n) is 10.2. The maximum absolute atomic E-state index is 15.2. The lowest BCUT2D eigenvalue weighted by Gasteiger charge is -2.54. The van der Waals surface area contributed by atoms with Crippen molar-refractivity contribution in [3.8, 4) is 22.9 Å². The molecular weight excluding hydrogens is 654 g/mol. The predicted octanol–water partition coefficient (Wildman–Crippen LogP) is 6.10. The number of rotatable bonds is 8. The fraction of sp³-hybridized carbons (Fsp3) is 0.444. The predicted molar refractivity (Wildman–Crippen MR) is 183 cm³/mol. The molecule has 2 atom stereocenters. The molecule has 5 heterocycles. The van der Waals surface area contributed by atoms with Crippen LogP contribution in [-0.4, -0.2) is 107 Å². The Kier molecular flexibility index (Phi) is 8.69. The van der Waals surface area contributed by atoms with Crippen LogP contribution in [0.1, 0.15) is 30.4 Å². The second-order valence-corrected chi connectivity index (χ2v) is 13.7. The van der Waals surface area contributed by atoms with Gasteiger partial charge in [-0.25, -0.2) is 4.39 Å². The SMILES string of the molecule is C=CC(=O)N1CC2(CCN(c3nc(OC4CCN(C)CC4F)nc4c(OCC(F)(F)F)c(-c5c(C)ccc6[nH]ncc56)c(C=C)cc34)CC2)C1. The number of halogens is 4. The van der Waals surface area contributed by atoms with Gasteiger partial charge in [0.15, 0.2) is 12.4 Å². The van der Waals surface area contributed by atoms with Gasteiger partial charge in [-0.15, -0.1) is 0 Å². The van der Waals surface area contributed by atoms with Gasteiger partial charge < -0.3 is 24.2 Å². The summed E-state index contributed by atoms with van der Waals surface area (Å²) in [6.07, 6.45) is -0.353. The fourth-order valence-electron chi connectivity index (χ4n) is 7.55. The van der Waals surface area contributed by atoms with E-state index in [1.165, 1.54) is 6.08 Å². The summed E-state index contributed by atoms with van der Waals surface area (Å²) >= 11 is 0. The van der Waals surface area contributed by atoms with Crippen molar-refractivity contribution in [1.29, 1.82) is 0 Å². The highest BCUT2D eigenvalue weighted by Gasteiger charge is 2.46. The van der Waals surface area contributed by atoms with E-state index in [0.717, 1.165) is 18.4 Å². The Labute approximate surface area is 286 Å². The largest absolute Gasteiger partial charge is 0.481 e. The summed E-state index contributed by atoms with van der Waals surface area (Å²) < 4.78 is 68.8. The van der Waals surface area contributed by atoms with E-state index >= 15 is 4.39 Å². The molecule has 0 radical (unpaired) electrons. The fourth-order valence-corrected chi connectivity index (χ4v) is 7.55. The molecule has 2 aromatic heterocycles. The number of aromatic amines is 1. The Morgan fingerprint density at radius 2 is 1.88 bits per heavy atom. The molecule has 1 spiro atoms. The summed E-state index contributed by atoms with van der Waals surface area (Å²) in [5, 5.41) is 8.26. The van der Waals surface area contributed by atoms with Gasteiger partial charge >= 0.3 is 12.2 Å². The van der Waals surface area contributed by atoms with Gasteiger partial charge in [0.1, 0.15) is 23.6 Å². The molecule has 3 aliphatic rings. The minimum absolute atomic E-state index is 0.0336. The lowest BCUT2D eigenvalue weighted by atomic mass is 9.72. The summed E-state index contributed by atoms with van der Waals surface area (Å²) in [5.41, 5.74) is 3.07. The van der Waals surface area contributed by atoms with E-state index < -0.39 is 25.1 Å². The number of aryl methyl sites for hydroxylation is 1. The molecule has 0 saturated carbocycles. The van der Waals surface area contributed by atoms with Crippen LogP contribution in [0.3, 0.4) is 0 Å². The molecule has 1 amide bonds. The van der Waals surface area contributed by atoms with Crippen molar-refractivity contribution >= 4 is 39.6 Å². The molecule has 3 saturated heterocycles. The number of alkyl halides is 4. The van der Waals surface area contributed by atoms with Gasteiger partial charge in [0, 0.05) is 67.4 Å². The number of carbonyl (C=O) groups excluding carboxylic acids is 1. The van der Waals surface area contributed by atoms with Gasteiger partial charge in [-0.2, -0.15) is 28.2 Å². The van der Waals surface area contributed by atoms with Crippen LogP contribution >= 0.6 is 0 Å². The van der Waals surface area contributed by atoms with Crippen LogP contribution in [0.25, 0.3) is 39.0 Å². The minimum Gasteiger partial charge on any atom is -0.481 e. The molecule has 4 aromatic rings. The standard InChI is InChI=1S/C36H39F4N7O3/c1-5-22-15-23-31(32(49-20-36(38,39)40)30(22)29-21(3)7-8-26-24(29)16-41-44-26)42-34(50-27-9-12-45(4)17-25(27)37)43-33(23)46-13-10-35(11-14-46)18-47(19-35)28(48)6-2/h5-8,15-16,25,27H,1-2,9-14,17-20H2,3-4H3,(H,41,44). The van der Waals surface area contributed by atoms with E-state index in [0.29, 0.717) is 77.9 Å². The van der Waals surface area contributed by atoms with Crippen LogP contribution in [0.5, 0.6) is 11.8 Å². The molecular formula is C36H39F4N7O3. The van der Waals surface area contributed by atoms with Crippen LogP contribution < -0.4 is 14.4 Å². The zero-order chi connectivity index (χ0) is 35.4. The topological polar surface area (TPSA) is 99.7 Å². The first-order valence-electron chi connectivity index (χ1n) is 16.7. The number of hydrogen-bond acceptors (Lipinski definition) is 8. The number of piperidine rings is 2. The first kappa shape index (κ1) is 33.8. The van der Waals surface area contributed by atoms with E-state index in [2.05, 4.69) is 33.2 Å². The Morgan fingerprint density at radius 3 is 2.56 bits per heavy atom. The number of H-pyrrole nitrogens is 1. The minimum atomic E-state index is -4.65. The van der Waals surface area contributed by atoms with E-state index in [1.807, 2.05) is 37.1 Å². The normalized spacial score (nSPS) is 21.0. The second-order valence-electron chi connectivity index (χ2n) is 13.7. The van der Waals surface area contributed by atoms with Crippen LogP contribution in [0.2, 0.25) is 0 Å². The lowest BCUT2D eigenvalue weighted by molar-refractivity contribution is -0.153. The van der Waals surface area contributed by atoms with E-state index in [9.17, 15) is 18.0 Å². The quantitative estimate of drug-likeness (QED) is 0.175. The monoisotopic (exact) mass is 693 g/mol. The molecule has 0 aliphatic carbocycles. The highest BCUT2D eigenvalue weighted by Crippen LogP contribution is 2.48. The highest BCUT2D eigenvalue weighted by atomic mass is 19.4. The van der Waals surface area contributed by atoms with Gasteiger partial charge in [0.05, 0.1) is 11.7 Å². The number of nitrogens with one attached hydrogen (secondary N) is 1. The molecule has 3 aliphatic heterocycles. The van der Waals surface area contributed by atoms with E-state index in [-0.39, 0.29) is 35.1 Å². The van der Waals surface area contributed by atoms with Crippen molar-refractivity contribution in [1.82, 2.24) is 30.0 Å². The lowest BCUT2D eigenvalue weighted by Crippen LogP contribution is -2.61. The number of benzene rings is 2. The zero-order valence-electron chi connectivity index (χ0n) is 28.0. The molecule has 14 heteroatoms. The third-order valence-corrected chi connectivity index (χ3v) is 10.2. The molecule has 0 bridgehead atoms. The molecule has 10 nitrogen and oxygen atoms in total. The summed E-state index contributed by atoms with van der Waals surface area (Å²) in [7, 11) is 1.83. The van der Waals surface area contributed by atoms with Gasteiger partial charge in [-0.05, 0) is 61.7 Å². The number of amides is 1. The number of anilines is 1. The summed E-state index contributed by atoms with van der Waals surface area (Å²) in [4.78, 5) is 27.4. The van der Waals surface area contributed by atoms with Gasteiger partial charge in [0.25, 0.3) is 0 Å². The molecule has 2 aromatic carbocycles. The van der Waals surface area contributed by atoms with Crippen molar-refractivity contribution in [2.75, 3.05) is 57.8 Å². The maximum Gasteiger partial charge on any atom is 0.422 e. The van der Waals surface area contributed by atoms with Crippen molar-refractivity contribution in [2.24, 2.45) is 5.41 Å². The molecule has 7 rings (SSSR count). The number of nitrogens with zero attached hydrogens (tertiary/aromatic N) is 6. The Morgan fingerprint density at radius 1 is 1.12 bits per heavy atom. The Hall–Kier alpha value is -4.72. The van der Waals surface area contributed by atoms with Crippen LogP contribution in [-0.2, 0) is 4.79 Å². The van der Waals surface area contributed by atoms with Gasteiger partial charge in [0.2, 0.25) is 5.91 Å². The van der Waals surface area contributed by atoms with Crippen LogP contribution in [0, 0.1) is 12.3 Å². The third kappa shape index (κ3) is 6.25. The number of likely N-dealkylation sites (tertiary alicyclic amines) is 2. The first-order valence-corrected chi connectivity index (χ1v) is 16.7.